The van der Waals surface area contributed by atoms with Crippen molar-refractivity contribution in [3.8, 4) is 0 Å². The van der Waals surface area contributed by atoms with Gasteiger partial charge in [-0.3, -0.25) is 9.59 Å². The van der Waals surface area contributed by atoms with E-state index < -0.39 is 6.04 Å². The number of pyridine rings is 1. The van der Waals surface area contributed by atoms with Crippen LogP contribution in [0.3, 0.4) is 0 Å². The van der Waals surface area contributed by atoms with Crippen molar-refractivity contribution in [3.05, 3.63) is 28.5 Å². The second-order valence-corrected chi connectivity index (χ2v) is 8.26. The van der Waals surface area contributed by atoms with Crippen molar-refractivity contribution in [3.63, 3.8) is 0 Å². The lowest BCUT2D eigenvalue weighted by Gasteiger charge is -2.36. The zero-order valence-electron chi connectivity index (χ0n) is 13.8. The molecule has 134 valence electrons. The van der Waals surface area contributed by atoms with Crippen LogP contribution in [0.25, 0.3) is 11.0 Å². The molecule has 2 aromatic rings. The summed E-state index contributed by atoms with van der Waals surface area (Å²) in [5, 5.41) is 4.09. The Kier molecular flexibility index (Phi) is 5.21. The third-order valence-electron chi connectivity index (χ3n) is 4.32. The van der Waals surface area contributed by atoms with E-state index in [1.807, 2.05) is 13.8 Å². The molecule has 3 heterocycles. The zero-order chi connectivity index (χ0) is 18.3. The second kappa shape index (κ2) is 7.08. The monoisotopic (exact) mass is 475 g/mol. The van der Waals surface area contributed by atoms with Gasteiger partial charge in [0.1, 0.15) is 11.7 Å². The maximum atomic E-state index is 13.0. The molecular weight excluding hydrogens is 457 g/mol. The molecule has 7 nitrogen and oxygen atoms in total. The van der Waals surface area contributed by atoms with Crippen molar-refractivity contribution < 1.29 is 9.59 Å². The SMILES string of the molecule is CC(C)[C@H](C(=O)N[C@H](I)CN)N1Cc2c(Cl)cnc3[nH]cc(c23)C1=O. The average molecular weight is 476 g/mol. The van der Waals surface area contributed by atoms with Gasteiger partial charge in [0.25, 0.3) is 5.91 Å². The van der Waals surface area contributed by atoms with Crippen molar-refractivity contribution in [2.24, 2.45) is 11.7 Å². The van der Waals surface area contributed by atoms with Crippen molar-refractivity contribution in [1.82, 2.24) is 20.2 Å². The van der Waals surface area contributed by atoms with Crippen LogP contribution < -0.4 is 11.1 Å². The molecule has 3 rings (SSSR count). The highest BCUT2D eigenvalue weighted by Crippen LogP contribution is 2.34. The predicted molar refractivity (Wildman–Crippen MR) is 105 cm³/mol. The van der Waals surface area contributed by atoms with Gasteiger partial charge in [0.05, 0.1) is 14.6 Å². The molecule has 4 N–H and O–H groups in total. The van der Waals surface area contributed by atoms with Gasteiger partial charge in [0.15, 0.2) is 0 Å². The fraction of sp³-hybridized carbons (Fsp3) is 0.438. The summed E-state index contributed by atoms with van der Waals surface area (Å²) in [5.74, 6) is -0.482. The summed E-state index contributed by atoms with van der Waals surface area (Å²) < 4.78 is -0.190. The minimum atomic E-state index is -0.612. The zero-order valence-corrected chi connectivity index (χ0v) is 16.8. The lowest BCUT2D eigenvalue weighted by Crippen LogP contribution is -2.54. The van der Waals surface area contributed by atoms with Gasteiger partial charge >= 0.3 is 0 Å². The smallest absolute Gasteiger partial charge is 0.257 e. The molecule has 0 saturated carbocycles. The Morgan fingerprint density at radius 2 is 2.28 bits per heavy atom. The molecule has 0 unspecified atom stereocenters. The molecule has 0 aliphatic carbocycles. The molecule has 9 heteroatoms. The molecule has 2 atom stereocenters. The van der Waals surface area contributed by atoms with Gasteiger partial charge in [0.2, 0.25) is 5.91 Å². The van der Waals surface area contributed by atoms with Crippen molar-refractivity contribution in [1.29, 1.82) is 0 Å². The summed E-state index contributed by atoms with van der Waals surface area (Å²) in [5.41, 5.74) is 7.53. The molecule has 1 aliphatic rings. The van der Waals surface area contributed by atoms with Crippen LogP contribution in [0.15, 0.2) is 12.4 Å². The van der Waals surface area contributed by atoms with Crippen molar-refractivity contribution in [2.75, 3.05) is 6.54 Å². The maximum Gasteiger partial charge on any atom is 0.257 e. The van der Waals surface area contributed by atoms with Crippen LogP contribution in [0.4, 0.5) is 0 Å². The summed E-state index contributed by atoms with van der Waals surface area (Å²) in [6.45, 7) is 4.42. The number of alkyl halides is 1. The number of nitrogens with one attached hydrogen (secondary N) is 2. The number of H-pyrrole nitrogens is 1. The Labute approximate surface area is 163 Å². The molecule has 0 bridgehead atoms. The minimum absolute atomic E-state index is 0.0677. The number of aromatic amines is 1. The topological polar surface area (TPSA) is 104 Å². The van der Waals surface area contributed by atoms with E-state index in [1.165, 1.54) is 0 Å². The van der Waals surface area contributed by atoms with Crippen LogP contribution in [-0.4, -0.2) is 43.3 Å². The number of nitrogens with two attached hydrogens (primary N) is 1. The number of amides is 2. The molecule has 0 radical (unpaired) electrons. The Morgan fingerprint density at radius 3 is 2.92 bits per heavy atom. The summed E-state index contributed by atoms with van der Waals surface area (Å²) in [6.07, 6.45) is 3.19. The Bertz CT molecular complexity index is 837. The lowest BCUT2D eigenvalue weighted by molar-refractivity contribution is -0.127. The van der Waals surface area contributed by atoms with Crippen LogP contribution in [0.5, 0.6) is 0 Å². The quantitative estimate of drug-likeness (QED) is 0.350. The predicted octanol–water partition coefficient (Wildman–Crippen LogP) is 2.03. The molecule has 0 saturated heterocycles. The number of aromatic nitrogens is 2. The third-order valence-corrected chi connectivity index (χ3v) is 5.46. The van der Waals surface area contributed by atoms with Crippen LogP contribution >= 0.6 is 34.2 Å². The number of rotatable bonds is 5. The van der Waals surface area contributed by atoms with E-state index in [4.69, 9.17) is 17.3 Å². The average Bonchev–Trinajstić information content (AvgIpc) is 2.99. The van der Waals surface area contributed by atoms with Crippen LogP contribution in [0, 0.1) is 5.92 Å². The summed E-state index contributed by atoms with van der Waals surface area (Å²) >= 11 is 8.38. The van der Waals surface area contributed by atoms with Gasteiger partial charge in [-0.25, -0.2) is 4.98 Å². The molecular formula is C16H19ClIN5O2. The molecule has 2 amide bonds. The number of halogens is 2. The number of hydrogen-bond donors (Lipinski definition) is 3. The highest BCUT2D eigenvalue weighted by Gasteiger charge is 2.38. The minimum Gasteiger partial charge on any atom is -0.345 e. The van der Waals surface area contributed by atoms with Crippen LogP contribution in [-0.2, 0) is 11.3 Å². The number of hydrogen-bond acceptors (Lipinski definition) is 4. The van der Waals surface area contributed by atoms with Gasteiger partial charge in [-0.05, 0) is 5.92 Å². The van der Waals surface area contributed by atoms with E-state index in [0.29, 0.717) is 22.8 Å². The van der Waals surface area contributed by atoms with Gasteiger partial charge < -0.3 is 20.9 Å². The first-order valence-electron chi connectivity index (χ1n) is 7.95. The number of carbonyl (C=O) groups excluding carboxylic acids is 2. The maximum absolute atomic E-state index is 13.0. The largest absolute Gasteiger partial charge is 0.345 e. The molecule has 2 aromatic heterocycles. The van der Waals surface area contributed by atoms with Crippen LogP contribution in [0.1, 0.15) is 29.8 Å². The number of nitrogens with zero attached hydrogens (tertiary/aromatic N) is 2. The van der Waals surface area contributed by atoms with Crippen molar-refractivity contribution in [2.45, 2.75) is 30.5 Å². The molecule has 0 aromatic carbocycles. The molecule has 0 fully saturated rings. The van der Waals surface area contributed by atoms with Gasteiger partial charge in [-0.15, -0.1) is 0 Å². The molecule has 1 aliphatic heterocycles. The fourth-order valence-electron chi connectivity index (χ4n) is 3.19. The summed E-state index contributed by atoms with van der Waals surface area (Å²) in [4.78, 5) is 34.6. The van der Waals surface area contributed by atoms with Gasteiger partial charge in [-0.1, -0.05) is 48.0 Å². The number of carbonyl (C=O) groups is 2. The van der Waals surface area contributed by atoms with Gasteiger partial charge in [0, 0.05) is 36.4 Å². The van der Waals surface area contributed by atoms with E-state index in [0.717, 1.165) is 10.9 Å². The first-order valence-corrected chi connectivity index (χ1v) is 9.57. The first kappa shape index (κ1) is 18.4. The van der Waals surface area contributed by atoms with Crippen LogP contribution in [0.2, 0.25) is 5.02 Å². The van der Waals surface area contributed by atoms with Crippen molar-refractivity contribution >= 4 is 57.0 Å². The van der Waals surface area contributed by atoms with E-state index in [9.17, 15) is 9.59 Å². The fourth-order valence-corrected chi connectivity index (χ4v) is 3.70. The van der Waals surface area contributed by atoms with E-state index in [1.54, 1.807) is 17.3 Å². The highest BCUT2D eigenvalue weighted by molar-refractivity contribution is 14.1. The lowest BCUT2D eigenvalue weighted by atomic mass is 9.95. The van der Waals surface area contributed by atoms with E-state index in [2.05, 4.69) is 37.9 Å². The highest BCUT2D eigenvalue weighted by atomic mass is 127. The Morgan fingerprint density at radius 1 is 1.56 bits per heavy atom. The molecule has 25 heavy (non-hydrogen) atoms. The molecule has 0 spiro atoms. The van der Waals surface area contributed by atoms with Gasteiger partial charge in [-0.2, -0.15) is 0 Å². The summed E-state index contributed by atoms with van der Waals surface area (Å²) in [6, 6.07) is -0.612. The first-order chi connectivity index (χ1) is 11.8. The second-order valence-electron chi connectivity index (χ2n) is 6.34. The third kappa shape index (κ3) is 3.22. The Hall–Kier alpha value is -1.39. The normalized spacial score (nSPS) is 16.4. The Balaban J connectivity index is 2.00. The summed E-state index contributed by atoms with van der Waals surface area (Å²) in [7, 11) is 0. The van der Waals surface area contributed by atoms with E-state index in [-0.39, 0.29) is 28.3 Å². The standard InChI is InChI=1S/C16H19ClIN5O2/c1-7(2)13(15(24)22-11(18)3-19)23-6-9-10(17)5-21-14-12(9)8(4-20-14)16(23)25/h4-5,7,11,13H,3,6,19H2,1-2H3,(H,20,21)(H,22,24)/t11-,13+/m0/s1. The van der Waals surface area contributed by atoms with E-state index >= 15 is 0 Å².